The first-order chi connectivity index (χ1) is 11.5. The molecule has 2 heterocycles. The van der Waals surface area contributed by atoms with Crippen LogP contribution in [-0.2, 0) is 4.74 Å². The number of aromatic nitrogens is 2. The summed E-state index contributed by atoms with van der Waals surface area (Å²) in [6.45, 7) is 1.80. The molecule has 0 radical (unpaired) electrons. The maximum atomic E-state index is 14.0. The molecule has 1 N–H and O–H groups in total. The van der Waals surface area contributed by atoms with Gasteiger partial charge in [-0.15, -0.1) is 12.4 Å². The summed E-state index contributed by atoms with van der Waals surface area (Å²) in [6.07, 6.45) is 1.29. The van der Waals surface area contributed by atoms with Crippen molar-refractivity contribution in [2.45, 2.75) is 6.92 Å². The van der Waals surface area contributed by atoms with Crippen molar-refractivity contribution in [2.24, 2.45) is 0 Å². The Balaban J connectivity index is 0.00000225. The molecule has 8 heteroatoms. The lowest BCUT2D eigenvalue weighted by molar-refractivity contribution is 0.0601. The van der Waals surface area contributed by atoms with E-state index in [0.717, 1.165) is 23.9 Å². The number of methoxy groups -OCH3 is 1. The molecule has 0 unspecified atom stereocenters. The number of nitrogens with zero attached hydrogens (tertiary/aromatic N) is 2. The molecule has 3 rings (SSSR count). The van der Waals surface area contributed by atoms with E-state index < -0.39 is 17.6 Å². The van der Waals surface area contributed by atoms with Crippen LogP contribution in [0.4, 0.5) is 20.2 Å². The van der Waals surface area contributed by atoms with E-state index in [-0.39, 0.29) is 29.3 Å². The molecule has 0 saturated heterocycles. The summed E-state index contributed by atoms with van der Waals surface area (Å²) in [7, 11) is 1.23. The Morgan fingerprint density at radius 3 is 2.68 bits per heavy atom. The third-order valence-electron chi connectivity index (χ3n) is 3.46. The first-order valence-corrected chi connectivity index (χ1v) is 7.06. The summed E-state index contributed by atoms with van der Waals surface area (Å²) >= 11 is 0. The quantitative estimate of drug-likeness (QED) is 0.706. The molecule has 0 fully saturated rings. The molecule has 1 aromatic carbocycles. The van der Waals surface area contributed by atoms with Crippen molar-refractivity contribution in [3.63, 3.8) is 0 Å². The lowest BCUT2D eigenvalue weighted by atomic mass is 10.1. The number of fused-ring (bicyclic) bond motifs is 1. The topological polar surface area (TPSA) is 64.1 Å². The molecule has 25 heavy (non-hydrogen) atoms. The number of anilines is 2. The average Bonchev–Trinajstić information content (AvgIpc) is 2.57. The predicted molar refractivity (Wildman–Crippen MR) is 92.5 cm³/mol. The number of pyridine rings is 2. The van der Waals surface area contributed by atoms with Crippen LogP contribution in [-0.4, -0.2) is 23.0 Å². The molecule has 0 spiro atoms. The van der Waals surface area contributed by atoms with Crippen molar-refractivity contribution < 1.29 is 18.3 Å². The highest BCUT2D eigenvalue weighted by Crippen LogP contribution is 2.30. The normalized spacial score (nSPS) is 10.2. The summed E-state index contributed by atoms with van der Waals surface area (Å²) in [5.74, 6) is -1.91. The first-order valence-electron chi connectivity index (χ1n) is 7.06. The van der Waals surface area contributed by atoms with E-state index in [1.54, 1.807) is 19.1 Å². The zero-order chi connectivity index (χ0) is 17.3. The fourth-order valence-electron chi connectivity index (χ4n) is 2.30. The summed E-state index contributed by atoms with van der Waals surface area (Å²) in [5, 5.41) is 3.26. The standard InChI is InChI=1S/C17H13F2N3O2.ClH/c1-9-3-5-11-15(22-14-7-10(18)4-6-13(14)19)12(17(23)24-2)8-20-16(11)21-9;/h3-8H,1-2H3,(H,20,21,22);1H. The van der Waals surface area contributed by atoms with Crippen molar-refractivity contribution in [3.05, 3.63) is 59.4 Å². The molecule has 5 nitrogen and oxygen atoms in total. The number of hydrogen-bond donors (Lipinski definition) is 1. The van der Waals surface area contributed by atoms with E-state index in [1.165, 1.54) is 13.3 Å². The summed E-state index contributed by atoms with van der Waals surface area (Å²) < 4.78 is 32.1. The Labute approximate surface area is 148 Å². The minimum Gasteiger partial charge on any atom is -0.465 e. The minimum atomic E-state index is -0.655. The Kier molecular flexibility index (Phi) is 5.48. The number of carbonyl (C=O) groups is 1. The van der Waals surface area contributed by atoms with Gasteiger partial charge < -0.3 is 10.1 Å². The maximum absolute atomic E-state index is 14.0. The van der Waals surface area contributed by atoms with Gasteiger partial charge in [0.1, 0.15) is 17.2 Å². The largest absolute Gasteiger partial charge is 0.465 e. The van der Waals surface area contributed by atoms with Crippen molar-refractivity contribution >= 4 is 40.8 Å². The van der Waals surface area contributed by atoms with Crippen LogP contribution in [0.15, 0.2) is 36.5 Å². The third kappa shape index (κ3) is 3.66. The zero-order valence-corrected chi connectivity index (χ0v) is 14.2. The monoisotopic (exact) mass is 365 g/mol. The Morgan fingerprint density at radius 1 is 1.20 bits per heavy atom. The molecule has 0 aliphatic carbocycles. The first kappa shape index (κ1) is 18.5. The number of rotatable bonds is 3. The molecule has 0 amide bonds. The number of carbonyl (C=O) groups excluding carboxylic acids is 1. The van der Waals surface area contributed by atoms with Gasteiger partial charge >= 0.3 is 5.97 Å². The van der Waals surface area contributed by atoms with Gasteiger partial charge in [-0.2, -0.15) is 0 Å². The lowest BCUT2D eigenvalue weighted by Gasteiger charge is -2.14. The van der Waals surface area contributed by atoms with Crippen LogP contribution < -0.4 is 5.32 Å². The smallest absolute Gasteiger partial charge is 0.341 e. The number of esters is 1. The van der Waals surface area contributed by atoms with E-state index in [1.807, 2.05) is 0 Å². The van der Waals surface area contributed by atoms with E-state index in [9.17, 15) is 13.6 Å². The maximum Gasteiger partial charge on any atom is 0.341 e. The molecule has 0 atom stereocenters. The lowest BCUT2D eigenvalue weighted by Crippen LogP contribution is -2.08. The van der Waals surface area contributed by atoms with Gasteiger partial charge in [-0.3, -0.25) is 0 Å². The summed E-state index contributed by atoms with van der Waals surface area (Å²) in [4.78, 5) is 20.4. The molecular weight excluding hydrogens is 352 g/mol. The van der Waals surface area contributed by atoms with Crippen molar-refractivity contribution in [1.29, 1.82) is 0 Å². The van der Waals surface area contributed by atoms with Gasteiger partial charge in [-0.25, -0.2) is 23.5 Å². The molecular formula is C17H14ClF2N3O2. The van der Waals surface area contributed by atoms with Gasteiger partial charge in [0.15, 0.2) is 5.65 Å². The van der Waals surface area contributed by atoms with Gasteiger partial charge in [0.25, 0.3) is 0 Å². The highest BCUT2D eigenvalue weighted by Gasteiger charge is 2.18. The molecule has 0 aliphatic rings. The second-order valence-electron chi connectivity index (χ2n) is 5.11. The minimum absolute atomic E-state index is 0. The zero-order valence-electron chi connectivity index (χ0n) is 13.3. The number of aryl methyl sites for hydroxylation is 1. The molecule has 2 aromatic heterocycles. The van der Waals surface area contributed by atoms with Crippen LogP contribution >= 0.6 is 12.4 Å². The van der Waals surface area contributed by atoms with Crippen LogP contribution in [0.25, 0.3) is 11.0 Å². The molecule has 0 aliphatic heterocycles. The van der Waals surface area contributed by atoms with E-state index >= 15 is 0 Å². The molecule has 0 bridgehead atoms. The second-order valence-corrected chi connectivity index (χ2v) is 5.11. The number of nitrogens with one attached hydrogen (secondary N) is 1. The van der Waals surface area contributed by atoms with Crippen molar-refractivity contribution in [2.75, 3.05) is 12.4 Å². The van der Waals surface area contributed by atoms with Gasteiger partial charge in [-0.1, -0.05) is 0 Å². The number of benzene rings is 1. The van der Waals surface area contributed by atoms with Gasteiger partial charge in [0, 0.05) is 23.3 Å². The van der Waals surface area contributed by atoms with E-state index in [0.29, 0.717) is 11.0 Å². The predicted octanol–water partition coefficient (Wildman–Crippen LogP) is 4.17. The second kappa shape index (κ2) is 7.40. The third-order valence-corrected chi connectivity index (χ3v) is 3.46. The molecule has 0 saturated carbocycles. The average molecular weight is 366 g/mol. The van der Waals surface area contributed by atoms with Crippen LogP contribution in [0.5, 0.6) is 0 Å². The van der Waals surface area contributed by atoms with Crippen LogP contribution in [0.2, 0.25) is 0 Å². The Hall–Kier alpha value is -2.80. The van der Waals surface area contributed by atoms with Crippen molar-refractivity contribution in [1.82, 2.24) is 9.97 Å². The van der Waals surface area contributed by atoms with Crippen LogP contribution in [0.1, 0.15) is 16.1 Å². The molecule has 3 aromatic rings. The summed E-state index contributed by atoms with van der Waals surface area (Å²) in [5.41, 5.74) is 1.36. The van der Waals surface area contributed by atoms with Gasteiger partial charge in [-0.05, 0) is 31.2 Å². The highest BCUT2D eigenvalue weighted by atomic mass is 35.5. The van der Waals surface area contributed by atoms with E-state index in [2.05, 4.69) is 15.3 Å². The number of halogens is 3. The Bertz CT molecular complexity index is 951. The summed E-state index contributed by atoms with van der Waals surface area (Å²) in [6, 6.07) is 6.46. The Morgan fingerprint density at radius 2 is 1.96 bits per heavy atom. The van der Waals surface area contributed by atoms with Gasteiger partial charge in [0.2, 0.25) is 0 Å². The fourth-order valence-corrected chi connectivity index (χ4v) is 2.30. The van der Waals surface area contributed by atoms with E-state index in [4.69, 9.17) is 4.74 Å². The SMILES string of the molecule is COC(=O)c1cnc2nc(C)ccc2c1Nc1cc(F)ccc1F.Cl. The molecule has 130 valence electrons. The van der Waals surface area contributed by atoms with Crippen molar-refractivity contribution in [3.8, 4) is 0 Å². The highest BCUT2D eigenvalue weighted by molar-refractivity contribution is 6.05. The number of ether oxygens (including phenoxy) is 1. The van der Waals surface area contributed by atoms with Crippen LogP contribution in [0.3, 0.4) is 0 Å². The fraction of sp³-hybridized carbons (Fsp3) is 0.118. The number of hydrogen-bond acceptors (Lipinski definition) is 5. The van der Waals surface area contributed by atoms with Gasteiger partial charge in [0.05, 0.1) is 18.5 Å². The van der Waals surface area contributed by atoms with Crippen LogP contribution in [0, 0.1) is 18.6 Å².